The minimum atomic E-state index is 0.0238. The molecule has 0 N–H and O–H groups in total. The fraction of sp³-hybridized carbons (Fsp3) is 0.625. The van der Waals surface area contributed by atoms with Gasteiger partial charge in [0, 0.05) is 31.4 Å². The average molecular weight is 310 g/mol. The fourth-order valence-corrected chi connectivity index (χ4v) is 3.02. The Morgan fingerprint density at radius 3 is 2.81 bits per heavy atom. The maximum absolute atomic E-state index is 12.6. The Labute approximate surface area is 132 Å². The molecular formula is C16H24ClN3O. The Hall–Kier alpha value is -1.13. The average Bonchev–Trinajstić information content (AvgIpc) is 2.82. The number of hydrogen-bond donors (Lipinski definition) is 0. The summed E-state index contributed by atoms with van der Waals surface area (Å²) >= 11 is 6.04. The number of carbonyl (C=O) groups excluding carboxylic acids is 1. The molecule has 1 amide bonds. The highest BCUT2D eigenvalue weighted by Gasteiger charge is 2.23. The molecule has 0 aromatic carbocycles. The van der Waals surface area contributed by atoms with Crippen LogP contribution in [-0.2, 0) is 0 Å². The largest absolute Gasteiger partial charge is 0.341 e. The van der Waals surface area contributed by atoms with Gasteiger partial charge in [0.2, 0.25) is 0 Å². The first-order chi connectivity index (χ1) is 9.86. The van der Waals surface area contributed by atoms with Gasteiger partial charge in [0.1, 0.15) is 5.15 Å². The van der Waals surface area contributed by atoms with E-state index in [2.05, 4.69) is 16.9 Å². The molecule has 0 bridgehead atoms. The van der Waals surface area contributed by atoms with E-state index in [-0.39, 0.29) is 11.8 Å². The molecule has 2 heterocycles. The maximum atomic E-state index is 12.6. The zero-order valence-corrected chi connectivity index (χ0v) is 14.0. The van der Waals surface area contributed by atoms with E-state index in [1.165, 1.54) is 0 Å². The fourth-order valence-electron chi connectivity index (χ4n) is 2.80. The standard InChI is InChI=1S/C16H24ClN3O/c1-11(2)14-7-13(8-15(17)18-14)16(21)20(4)10-12-5-6-19(3)9-12/h7-8,11-12H,5-6,9-10H2,1-4H3. The van der Waals surface area contributed by atoms with E-state index in [1.807, 2.05) is 27.0 Å². The molecular weight excluding hydrogens is 286 g/mol. The van der Waals surface area contributed by atoms with Crippen molar-refractivity contribution < 1.29 is 4.79 Å². The number of amides is 1. The van der Waals surface area contributed by atoms with Crippen LogP contribution in [0.1, 0.15) is 42.2 Å². The monoisotopic (exact) mass is 309 g/mol. The predicted molar refractivity (Wildman–Crippen MR) is 85.9 cm³/mol. The number of pyridine rings is 1. The molecule has 116 valence electrons. The van der Waals surface area contributed by atoms with Gasteiger partial charge in [-0.05, 0) is 44.0 Å². The maximum Gasteiger partial charge on any atom is 0.253 e. The minimum Gasteiger partial charge on any atom is -0.341 e. The Balaban J connectivity index is 2.08. The van der Waals surface area contributed by atoms with Gasteiger partial charge in [-0.1, -0.05) is 25.4 Å². The van der Waals surface area contributed by atoms with Gasteiger partial charge in [-0.25, -0.2) is 4.98 Å². The smallest absolute Gasteiger partial charge is 0.253 e. The molecule has 1 saturated heterocycles. The summed E-state index contributed by atoms with van der Waals surface area (Å²) in [5, 5.41) is 0.388. The highest BCUT2D eigenvalue weighted by atomic mass is 35.5. The molecule has 1 atom stereocenters. The van der Waals surface area contributed by atoms with Crippen molar-refractivity contribution in [1.29, 1.82) is 0 Å². The van der Waals surface area contributed by atoms with Gasteiger partial charge in [-0.15, -0.1) is 0 Å². The lowest BCUT2D eigenvalue weighted by Crippen LogP contribution is -2.33. The van der Waals surface area contributed by atoms with Crippen molar-refractivity contribution in [3.05, 3.63) is 28.5 Å². The number of hydrogen-bond acceptors (Lipinski definition) is 3. The van der Waals surface area contributed by atoms with Crippen molar-refractivity contribution >= 4 is 17.5 Å². The normalized spacial score (nSPS) is 19.2. The zero-order valence-electron chi connectivity index (χ0n) is 13.3. The molecule has 1 aromatic heterocycles. The lowest BCUT2D eigenvalue weighted by molar-refractivity contribution is 0.0774. The molecule has 0 radical (unpaired) electrons. The number of nitrogens with zero attached hydrogens (tertiary/aromatic N) is 3. The van der Waals surface area contributed by atoms with Gasteiger partial charge in [0.15, 0.2) is 0 Å². The molecule has 1 aliphatic rings. The van der Waals surface area contributed by atoms with Gasteiger partial charge in [-0.3, -0.25) is 4.79 Å². The molecule has 1 unspecified atom stereocenters. The van der Waals surface area contributed by atoms with Crippen LogP contribution in [0.25, 0.3) is 0 Å². The van der Waals surface area contributed by atoms with Crippen LogP contribution in [0.3, 0.4) is 0 Å². The molecule has 1 fully saturated rings. The summed E-state index contributed by atoms with van der Waals surface area (Å²) in [4.78, 5) is 21.0. The number of carbonyl (C=O) groups is 1. The second-order valence-electron chi connectivity index (χ2n) is 6.36. The summed E-state index contributed by atoms with van der Waals surface area (Å²) in [7, 11) is 3.99. The molecule has 0 aliphatic carbocycles. The van der Waals surface area contributed by atoms with Gasteiger partial charge < -0.3 is 9.80 Å². The molecule has 21 heavy (non-hydrogen) atoms. The highest BCUT2D eigenvalue weighted by molar-refractivity contribution is 6.29. The molecule has 0 saturated carbocycles. The van der Waals surface area contributed by atoms with Crippen LogP contribution < -0.4 is 0 Å². The van der Waals surface area contributed by atoms with Crippen molar-refractivity contribution in [3.63, 3.8) is 0 Å². The highest BCUT2D eigenvalue weighted by Crippen LogP contribution is 2.20. The molecule has 1 aliphatic heterocycles. The summed E-state index contributed by atoms with van der Waals surface area (Å²) in [6.07, 6.45) is 1.16. The summed E-state index contributed by atoms with van der Waals surface area (Å²) in [5.74, 6) is 0.839. The second-order valence-corrected chi connectivity index (χ2v) is 6.75. The van der Waals surface area contributed by atoms with Crippen LogP contribution in [0.4, 0.5) is 0 Å². The second kappa shape index (κ2) is 6.75. The molecule has 1 aromatic rings. The lowest BCUT2D eigenvalue weighted by Gasteiger charge is -2.21. The number of likely N-dealkylation sites (tertiary alicyclic amines) is 1. The van der Waals surface area contributed by atoms with Crippen LogP contribution in [0, 0.1) is 5.92 Å². The van der Waals surface area contributed by atoms with Crippen molar-refractivity contribution in [2.45, 2.75) is 26.2 Å². The lowest BCUT2D eigenvalue weighted by atomic mass is 10.1. The molecule has 5 heteroatoms. The number of aromatic nitrogens is 1. The predicted octanol–water partition coefficient (Wildman–Crippen LogP) is 2.88. The van der Waals surface area contributed by atoms with Crippen LogP contribution in [-0.4, -0.2) is 54.4 Å². The first kappa shape index (κ1) is 16.2. The summed E-state index contributed by atoms with van der Waals surface area (Å²) in [6.45, 7) is 7.06. The van der Waals surface area contributed by atoms with Crippen LogP contribution >= 0.6 is 11.6 Å². The van der Waals surface area contributed by atoms with E-state index in [4.69, 9.17) is 11.6 Å². The SMILES string of the molecule is CC(C)c1cc(C(=O)N(C)CC2CCN(C)C2)cc(Cl)n1. The van der Waals surface area contributed by atoms with Crippen molar-refractivity contribution in [2.24, 2.45) is 5.92 Å². The van der Waals surface area contributed by atoms with Crippen molar-refractivity contribution in [2.75, 3.05) is 33.7 Å². The van der Waals surface area contributed by atoms with E-state index < -0.39 is 0 Å². The first-order valence-electron chi connectivity index (χ1n) is 7.48. The van der Waals surface area contributed by atoms with Crippen LogP contribution in [0.5, 0.6) is 0 Å². The third kappa shape index (κ3) is 4.17. The first-order valence-corrected chi connectivity index (χ1v) is 7.86. The quantitative estimate of drug-likeness (QED) is 0.802. The van der Waals surface area contributed by atoms with E-state index in [1.54, 1.807) is 11.0 Å². The Morgan fingerprint density at radius 2 is 2.24 bits per heavy atom. The third-order valence-corrected chi connectivity index (χ3v) is 4.21. The zero-order chi connectivity index (χ0) is 15.6. The Kier molecular flexibility index (Phi) is 5.22. The summed E-state index contributed by atoms with van der Waals surface area (Å²) in [5.41, 5.74) is 1.49. The van der Waals surface area contributed by atoms with Crippen molar-refractivity contribution in [1.82, 2.24) is 14.8 Å². The Morgan fingerprint density at radius 1 is 1.52 bits per heavy atom. The van der Waals surface area contributed by atoms with E-state index in [0.29, 0.717) is 16.6 Å². The number of halogens is 1. The van der Waals surface area contributed by atoms with E-state index in [9.17, 15) is 4.79 Å². The van der Waals surface area contributed by atoms with Gasteiger partial charge in [-0.2, -0.15) is 0 Å². The molecule has 0 spiro atoms. The molecule has 2 rings (SSSR count). The van der Waals surface area contributed by atoms with Crippen LogP contribution in [0.15, 0.2) is 12.1 Å². The van der Waals surface area contributed by atoms with Gasteiger partial charge in [0.25, 0.3) is 5.91 Å². The summed E-state index contributed by atoms with van der Waals surface area (Å²) < 4.78 is 0. The van der Waals surface area contributed by atoms with Gasteiger partial charge >= 0.3 is 0 Å². The minimum absolute atomic E-state index is 0.0238. The number of rotatable bonds is 4. The van der Waals surface area contributed by atoms with E-state index >= 15 is 0 Å². The molecule has 4 nitrogen and oxygen atoms in total. The Bertz CT molecular complexity index is 518. The van der Waals surface area contributed by atoms with Crippen molar-refractivity contribution in [3.8, 4) is 0 Å². The van der Waals surface area contributed by atoms with Gasteiger partial charge in [0.05, 0.1) is 0 Å². The third-order valence-electron chi connectivity index (χ3n) is 4.02. The van der Waals surface area contributed by atoms with E-state index in [0.717, 1.165) is 31.7 Å². The van der Waals surface area contributed by atoms with Crippen LogP contribution in [0.2, 0.25) is 5.15 Å². The topological polar surface area (TPSA) is 36.4 Å². The summed E-state index contributed by atoms with van der Waals surface area (Å²) in [6, 6.07) is 3.52.